The van der Waals surface area contributed by atoms with E-state index in [1.54, 1.807) is 6.92 Å². The molecule has 0 aliphatic heterocycles. The Balaban J connectivity index is 3.48. The molecule has 0 aliphatic rings. The first-order valence-electron chi connectivity index (χ1n) is 4.48. The molecule has 0 N–H and O–H groups in total. The lowest BCUT2D eigenvalue weighted by Crippen LogP contribution is -2.12. The van der Waals surface area contributed by atoms with Gasteiger partial charge in [-0.1, -0.05) is 22.4 Å². The third kappa shape index (κ3) is 2.31. The van der Waals surface area contributed by atoms with Crippen molar-refractivity contribution in [3.8, 4) is 0 Å². The Labute approximate surface area is 93.3 Å². The Hall–Kier alpha value is -0.620. The van der Waals surface area contributed by atoms with E-state index in [-0.39, 0.29) is 11.1 Å². The predicted octanol–water partition coefficient (Wildman–Crippen LogP) is 2.47. The van der Waals surface area contributed by atoms with E-state index in [9.17, 15) is 12.3 Å². The van der Waals surface area contributed by atoms with E-state index >= 15 is 0 Å². The molecule has 7 heteroatoms. The lowest BCUT2D eigenvalue weighted by Gasteiger charge is -2.11. The highest BCUT2D eigenvalue weighted by atomic mass is 35.5. The third-order valence-electron chi connectivity index (χ3n) is 2.21. The fourth-order valence-corrected chi connectivity index (χ4v) is 2.40. The second-order valence-corrected chi connectivity index (χ2v) is 4.98. The van der Waals surface area contributed by atoms with Crippen molar-refractivity contribution < 1.29 is 12.3 Å². The van der Waals surface area contributed by atoms with E-state index in [2.05, 4.69) is 5.10 Å². The molecule has 0 amide bonds. The topological polar surface area (TPSA) is 52.0 Å². The van der Waals surface area contributed by atoms with Crippen LogP contribution in [0.15, 0.2) is 5.03 Å². The van der Waals surface area contributed by atoms with Gasteiger partial charge in [-0.05, 0) is 20.3 Å². The van der Waals surface area contributed by atoms with Crippen molar-refractivity contribution in [2.24, 2.45) is 0 Å². The Kier molecular flexibility index (Phi) is 3.40. The zero-order chi connectivity index (χ0) is 11.8. The second-order valence-electron chi connectivity index (χ2n) is 3.34. The van der Waals surface area contributed by atoms with Gasteiger partial charge in [-0.25, -0.2) is 4.68 Å². The minimum absolute atomic E-state index is 0.141. The van der Waals surface area contributed by atoms with Gasteiger partial charge in [0.05, 0.1) is 11.7 Å². The van der Waals surface area contributed by atoms with Gasteiger partial charge in [-0.3, -0.25) is 0 Å². The molecular weight excluding hydrogens is 243 g/mol. The molecular formula is C8H12ClFN2O2S. The molecule has 86 valence electrons. The van der Waals surface area contributed by atoms with Crippen LogP contribution < -0.4 is 0 Å². The summed E-state index contributed by atoms with van der Waals surface area (Å²) >= 11 is 5.70. The van der Waals surface area contributed by atoms with E-state index in [0.29, 0.717) is 12.1 Å². The standard InChI is InChI=1S/C8H12ClFN2O2S/c1-4-5(2)12-8(15(10,13)14)7(9)6(3)11-12/h5H,4H2,1-3H3. The zero-order valence-electron chi connectivity index (χ0n) is 8.66. The van der Waals surface area contributed by atoms with Crippen LogP contribution in [0.4, 0.5) is 3.89 Å². The summed E-state index contributed by atoms with van der Waals surface area (Å²) < 4.78 is 35.9. The molecule has 0 spiro atoms. The molecule has 0 aliphatic carbocycles. The Morgan fingerprint density at radius 3 is 2.53 bits per heavy atom. The number of hydrogen-bond acceptors (Lipinski definition) is 3. The highest BCUT2D eigenvalue weighted by Gasteiger charge is 2.27. The van der Waals surface area contributed by atoms with E-state index in [0.717, 1.165) is 4.68 Å². The smallest absolute Gasteiger partial charge is 0.247 e. The monoisotopic (exact) mass is 254 g/mol. The summed E-state index contributed by atoms with van der Waals surface area (Å²) in [4.78, 5) is 0. The lowest BCUT2D eigenvalue weighted by atomic mass is 10.3. The summed E-state index contributed by atoms with van der Waals surface area (Å²) in [6, 6.07) is -0.211. The second kappa shape index (κ2) is 4.09. The van der Waals surface area contributed by atoms with E-state index < -0.39 is 15.2 Å². The van der Waals surface area contributed by atoms with Gasteiger partial charge in [-0.2, -0.15) is 13.5 Å². The Morgan fingerprint density at radius 2 is 2.13 bits per heavy atom. The van der Waals surface area contributed by atoms with Gasteiger partial charge < -0.3 is 0 Å². The molecule has 1 heterocycles. The maximum atomic E-state index is 13.0. The molecule has 1 aromatic rings. The molecule has 1 atom stereocenters. The molecule has 1 aromatic heterocycles. The first kappa shape index (κ1) is 12.4. The van der Waals surface area contributed by atoms with E-state index in [1.165, 1.54) is 6.92 Å². The quantitative estimate of drug-likeness (QED) is 0.779. The molecule has 0 radical (unpaired) electrons. The summed E-state index contributed by atoms with van der Waals surface area (Å²) in [7, 11) is -4.83. The lowest BCUT2D eigenvalue weighted by molar-refractivity contribution is 0.429. The number of aryl methyl sites for hydroxylation is 1. The van der Waals surface area contributed by atoms with Crippen LogP contribution in [0.2, 0.25) is 5.02 Å². The summed E-state index contributed by atoms with van der Waals surface area (Å²) in [5, 5.41) is 3.23. The molecule has 1 rings (SSSR count). The Morgan fingerprint density at radius 1 is 1.60 bits per heavy atom. The molecule has 4 nitrogen and oxygen atoms in total. The molecule has 0 aromatic carbocycles. The first-order chi connectivity index (χ1) is 6.79. The number of halogens is 2. The van der Waals surface area contributed by atoms with Crippen molar-refractivity contribution in [2.45, 2.75) is 38.3 Å². The number of aromatic nitrogens is 2. The SMILES string of the molecule is CCC(C)n1nc(C)c(Cl)c1S(=O)(=O)F. The van der Waals surface area contributed by atoms with Crippen molar-refractivity contribution >= 4 is 21.8 Å². The predicted molar refractivity (Wildman–Crippen MR) is 55.3 cm³/mol. The number of rotatable bonds is 3. The van der Waals surface area contributed by atoms with Crippen molar-refractivity contribution in [3.63, 3.8) is 0 Å². The summed E-state index contributed by atoms with van der Waals surface area (Å²) in [6.45, 7) is 5.14. The average molecular weight is 255 g/mol. The minimum atomic E-state index is -4.83. The van der Waals surface area contributed by atoms with E-state index in [4.69, 9.17) is 11.6 Å². The van der Waals surface area contributed by atoms with Crippen LogP contribution in [-0.2, 0) is 10.2 Å². The molecule has 1 unspecified atom stereocenters. The van der Waals surface area contributed by atoms with Crippen LogP contribution in [0, 0.1) is 6.92 Å². The summed E-state index contributed by atoms with van der Waals surface area (Å²) in [5.41, 5.74) is 0.313. The highest BCUT2D eigenvalue weighted by Crippen LogP contribution is 2.29. The first-order valence-corrected chi connectivity index (χ1v) is 6.24. The van der Waals surface area contributed by atoms with Crippen molar-refractivity contribution in [2.75, 3.05) is 0 Å². The van der Waals surface area contributed by atoms with Gasteiger partial charge in [0.2, 0.25) is 5.03 Å². The number of hydrogen-bond donors (Lipinski definition) is 0. The average Bonchev–Trinajstić information content (AvgIpc) is 2.41. The van der Waals surface area contributed by atoms with Gasteiger partial charge in [-0.15, -0.1) is 0 Å². The van der Waals surface area contributed by atoms with Crippen LogP contribution >= 0.6 is 11.6 Å². The van der Waals surface area contributed by atoms with E-state index in [1.807, 2.05) is 6.92 Å². The maximum Gasteiger partial charge on any atom is 0.350 e. The van der Waals surface area contributed by atoms with Crippen molar-refractivity contribution in [3.05, 3.63) is 10.7 Å². The van der Waals surface area contributed by atoms with Crippen molar-refractivity contribution in [1.82, 2.24) is 9.78 Å². The summed E-state index contributed by atoms with van der Waals surface area (Å²) in [6.07, 6.45) is 0.639. The highest BCUT2D eigenvalue weighted by molar-refractivity contribution is 7.86. The zero-order valence-corrected chi connectivity index (χ0v) is 10.2. The molecule has 0 bridgehead atoms. The van der Waals surface area contributed by atoms with Gasteiger partial charge in [0, 0.05) is 0 Å². The van der Waals surface area contributed by atoms with Gasteiger partial charge in [0.1, 0.15) is 5.02 Å². The minimum Gasteiger partial charge on any atom is -0.247 e. The van der Waals surface area contributed by atoms with Gasteiger partial charge in [0.25, 0.3) is 0 Å². The largest absolute Gasteiger partial charge is 0.350 e. The van der Waals surface area contributed by atoms with Gasteiger partial charge >= 0.3 is 10.2 Å². The maximum absolute atomic E-state index is 13.0. The van der Waals surface area contributed by atoms with Crippen LogP contribution in [0.25, 0.3) is 0 Å². The summed E-state index contributed by atoms with van der Waals surface area (Å²) in [5.74, 6) is 0. The molecule has 0 saturated heterocycles. The van der Waals surface area contributed by atoms with Crippen LogP contribution in [0.3, 0.4) is 0 Å². The molecule has 0 fully saturated rings. The number of nitrogens with zero attached hydrogens (tertiary/aromatic N) is 2. The third-order valence-corrected chi connectivity index (χ3v) is 3.63. The van der Waals surface area contributed by atoms with Crippen LogP contribution in [0.1, 0.15) is 32.0 Å². The fourth-order valence-electron chi connectivity index (χ4n) is 1.20. The normalized spacial score (nSPS) is 14.2. The van der Waals surface area contributed by atoms with Crippen LogP contribution in [-0.4, -0.2) is 18.2 Å². The van der Waals surface area contributed by atoms with Crippen LogP contribution in [0.5, 0.6) is 0 Å². The molecule has 0 saturated carbocycles. The van der Waals surface area contributed by atoms with Crippen molar-refractivity contribution in [1.29, 1.82) is 0 Å². The fraction of sp³-hybridized carbons (Fsp3) is 0.625. The molecule has 15 heavy (non-hydrogen) atoms. The Bertz CT molecular complexity index is 469. The van der Waals surface area contributed by atoms with Gasteiger partial charge in [0.15, 0.2) is 0 Å².